The average molecular weight is 435 g/mol. The van der Waals surface area contributed by atoms with Gasteiger partial charge in [-0.1, -0.05) is 24.3 Å². The molecule has 1 aromatic heterocycles. The number of hydrogen-bond donors (Lipinski definition) is 2. The first kappa shape index (κ1) is 22.0. The third kappa shape index (κ3) is 5.18. The first-order chi connectivity index (χ1) is 15.7. The van der Waals surface area contributed by atoms with Gasteiger partial charge in [0, 0.05) is 60.6 Å². The second-order valence-electron chi connectivity index (χ2n) is 7.89. The van der Waals surface area contributed by atoms with Gasteiger partial charge in [-0.3, -0.25) is 14.5 Å². The lowest BCUT2D eigenvalue weighted by Gasteiger charge is -2.26. The van der Waals surface area contributed by atoms with Gasteiger partial charge in [-0.15, -0.1) is 0 Å². The molecule has 2 heterocycles. The lowest BCUT2D eigenvalue weighted by atomic mass is 10.1. The number of ether oxygens (including phenoxy) is 1. The Hall–Kier alpha value is -3.16. The number of fused-ring (bicyclic) bond motifs is 3. The van der Waals surface area contributed by atoms with Crippen molar-refractivity contribution in [3.05, 3.63) is 54.1 Å². The summed E-state index contributed by atoms with van der Waals surface area (Å²) in [5.41, 5.74) is 3.34. The maximum absolute atomic E-state index is 12.2. The highest BCUT2D eigenvalue weighted by Gasteiger charge is 2.11. The number of nitrogens with one attached hydrogen (secondary N) is 2. The SMILES string of the molecule is CCn1c2ccccc2c2cc(C=CC(=O)NCC(=O)NCCN3CCOCC3)ccc21. The maximum atomic E-state index is 12.2. The van der Waals surface area contributed by atoms with Crippen molar-refractivity contribution >= 4 is 39.7 Å². The normalized spacial score (nSPS) is 14.9. The summed E-state index contributed by atoms with van der Waals surface area (Å²) < 4.78 is 7.60. The van der Waals surface area contributed by atoms with E-state index in [1.807, 2.05) is 12.1 Å². The van der Waals surface area contributed by atoms with Gasteiger partial charge in [-0.05, 0) is 36.8 Å². The van der Waals surface area contributed by atoms with Gasteiger partial charge in [-0.2, -0.15) is 0 Å². The van der Waals surface area contributed by atoms with Gasteiger partial charge >= 0.3 is 0 Å². The van der Waals surface area contributed by atoms with Crippen LogP contribution in [0.1, 0.15) is 12.5 Å². The van der Waals surface area contributed by atoms with Crippen molar-refractivity contribution in [3.63, 3.8) is 0 Å². The van der Waals surface area contributed by atoms with E-state index in [1.54, 1.807) is 6.08 Å². The molecule has 1 aliphatic rings. The predicted octanol–water partition coefficient (Wildman–Crippen LogP) is 2.39. The van der Waals surface area contributed by atoms with Crippen LogP contribution in [-0.2, 0) is 20.9 Å². The number of carbonyl (C=O) groups is 2. The molecule has 3 aromatic rings. The fourth-order valence-corrected chi connectivity index (χ4v) is 4.15. The van der Waals surface area contributed by atoms with E-state index in [1.165, 1.54) is 27.9 Å². The van der Waals surface area contributed by atoms with Crippen molar-refractivity contribution < 1.29 is 14.3 Å². The first-order valence-electron chi connectivity index (χ1n) is 11.2. The van der Waals surface area contributed by atoms with E-state index in [0.29, 0.717) is 6.54 Å². The molecular weight excluding hydrogens is 404 g/mol. The highest BCUT2D eigenvalue weighted by atomic mass is 16.5. The minimum atomic E-state index is -0.288. The van der Waals surface area contributed by atoms with Crippen molar-refractivity contribution in [1.82, 2.24) is 20.1 Å². The molecule has 0 spiro atoms. The molecule has 168 valence electrons. The number of hydrogen-bond acceptors (Lipinski definition) is 4. The molecule has 2 N–H and O–H groups in total. The summed E-state index contributed by atoms with van der Waals surface area (Å²) in [6.07, 6.45) is 3.25. The van der Waals surface area contributed by atoms with E-state index in [0.717, 1.165) is 45.0 Å². The van der Waals surface area contributed by atoms with Crippen molar-refractivity contribution in [2.45, 2.75) is 13.5 Å². The van der Waals surface area contributed by atoms with E-state index in [4.69, 9.17) is 4.74 Å². The summed E-state index contributed by atoms with van der Waals surface area (Å²) in [5.74, 6) is -0.474. The van der Waals surface area contributed by atoms with Crippen LogP contribution in [-0.4, -0.2) is 67.2 Å². The van der Waals surface area contributed by atoms with Gasteiger partial charge in [-0.25, -0.2) is 0 Å². The lowest BCUT2D eigenvalue weighted by molar-refractivity contribution is -0.124. The molecule has 4 rings (SSSR count). The van der Waals surface area contributed by atoms with E-state index < -0.39 is 0 Å². The Kier molecular flexibility index (Phi) is 7.19. The molecule has 1 saturated heterocycles. The van der Waals surface area contributed by atoms with Crippen LogP contribution in [0.25, 0.3) is 27.9 Å². The Morgan fingerprint density at radius 3 is 2.62 bits per heavy atom. The number of benzene rings is 2. The fraction of sp³-hybridized carbons (Fsp3) is 0.360. The van der Waals surface area contributed by atoms with Crippen molar-refractivity contribution in [3.8, 4) is 0 Å². The lowest BCUT2D eigenvalue weighted by Crippen LogP contribution is -2.43. The van der Waals surface area contributed by atoms with Gasteiger partial charge < -0.3 is 19.9 Å². The van der Waals surface area contributed by atoms with Gasteiger partial charge in [0.2, 0.25) is 11.8 Å². The average Bonchev–Trinajstić information content (AvgIpc) is 3.15. The minimum absolute atomic E-state index is 0.0324. The molecule has 0 atom stereocenters. The Labute approximate surface area is 188 Å². The van der Waals surface area contributed by atoms with Crippen LogP contribution in [0.15, 0.2) is 48.5 Å². The zero-order valence-corrected chi connectivity index (χ0v) is 18.5. The highest BCUT2D eigenvalue weighted by molar-refractivity contribution is 6.08. The number of aryl methyl sites for hydroxylation is 1. The number of aromatic nitrogens is 1. The third-order valence-corrected chi connectivity index (χ3v) is 5.82. The number of amides is 2. The summed E-state index contributed by atoms with van der Waals surface area (Å²) in [6.45, 7) is 7.63. The monoisotopic (exact) mass is 434 g/mol. The molecule has 7 nitrogen and oxygen atoms in total. The van der Waals surface area contributed by atoms with Gasteiger partial charge in [0.1, 0.15) is 0 Å². The second kappa shape index (κ2) is 10.4. The topological polar surface area (TPSA) is 75.6 Å². The quantitative estimate of drug-likeness (QED) is 0.534. The second-order valence-corrected chi connectivity index (χ2v) is 7.89. The van der Waals surface area contributed by atoms with E-state index in [2.05, 4.69) is 57.4 Å². The number of rotatable bonds is 8. The minimum Gasteiger partial charge on any atom is -0.379 e. The largest absolute Gasteiger partial charge is 0.379 e. The summed E-state index contributed by atoms with van der Waals surface area (Å²) in [6, 6.07) is 14.6. The molecule has 1 fully saturated rings. The molecule has 0 bridgehead atoms. The molecule has 2 amide bonds. The standard InChI is InChI=1S/C25H30N4O3/c1-2-29-22-6-4-3-5-20(22)21-17-19(7-9-23(21)29)8-10-24(30)27-18-25(31)26-11-12-28-13-15-32-16-14-28/h3-10,17H,2,11-16,18H2,1H3,(H,26,31)(H,27,30). The number of carbonyl (C=O) groups excluding carboxylic acids is 2. The Morgan fingerprint density at radius 1 is 1.03 bits per heavy atom. The molecular formula is C25H30N4O3. The molecule has 32 heavy (non-hydrogen) atoms. The van der Waals surface area contributed by atoms with Gasteiger partial charge in [0.05, 0.1) is 19.8 Å². The van der Waals surface area contributed by atoms with Crippen molar-refractivity contribution in [1.29, 1.82) is 0 Å². The van der Waals surface area contributed by atoms with E-state index in [9.17, 15) is 9.59 Å². The van der Waals surface area contributed by atoms with Gasteiger partial charge in [0.25, 0.3) is 0 Å². The first-order valence-corrected chi connectivity index (χ1v) is 11.2. The molecule has 1 aliphatic heterocycles. The van der Waals surface area contributed by atoms with Crippen LogP contribution in [0.5, 0.6) is 0 Å². The fourth-order valence-electron chi connectivity index (χ4n) is 4.15. The molecule has 7 heteroatoms. The van der Waals surface area contributed by atoms with Crippen LogP contribution in [0.2, 0.25) is 0 Å². The van der Waals surface area contributed by atoms with Crippen molar-refractivity contribution in [2.75, 3.05) is 45.9 Å². The van der Waals surface area contributed by atoms with Gasteiger partial charge in [0.15, 0.2) is 0 Å². The van der Waals surface area contributed by atoms with Crippen molar-refractivity contribution in [2.24, 2.45) is 0 Å². The van der Waals surface area contributed by atoms with E-state index in [-0.39, 0.29) is 18.4 Å². The number of morpholine rings is 1. The van der Waals surface area contributed by atoms with Crippen LogP contribution < -0.4 is 10.6 Å². The number of para-hydroxylation sites is 1. The summed E-state index contributed by atoms with van der Waals surface area (Å²) in [5, 5.41) is 7.86. The predicted molar refractivity (Wildman–Crippen MR) is 127 cm³/mol. The third-order valence-electron chi connectivity index (χ3n) is 5.82. The molecule has 0 radical (unpaired) electrons. The Morgan fingerprint density at radius 2 is 1.81 bits per heavy atom. The molecule has 0 unspecified atom stereocenters. The zero-order valence-electron chi connectivity index (χ0n) is 18.5. The molecule has 0 saturated carbocycles. The zero-order chi connectivity index (χ0) is 22.3. The highest BCUT2D eigenvalue weighted by Crippen LogP contribution is 2.29. The van der Waals surface area contributed by atoms with Crippen LogP contribution in [0, 0.1) is 0 Å². The maximum Gasteiger partial charge on any atom is 0.244 e. The Bertz CT molecular complexity index is 1130. The summed E-state index contributed by atoms with van der Waals surface area (Å²) in [7, 11) is 0. The summed E-state index contributed by atoms with van der Waals surface area (Å²) in [4.78, 5) is 26.4. The Balaban J connectivity index is 1.30. The number of nitrogens with zero attached hydrogens (tertiary/aromatic N) is 2. The summed E-state index contributed by atoms with van der Waals surface area (Å²) >= 11 is 0. The van der Waals surface area contributed by atoms with Crippen LogP contribution >= 0.6 is 0 Å². The smallest absolute Gasteiger partial charge is 0.244 e. The molecule has 2 aromatic carbocycles. The molecule has 0 aliphatic carbocycles. The van der Waals surface area contributed by atoms with E-state index >= 15 is 0 Å². The van der Waals surface area contributed by atoms with Crippen LogP contribution in [0.4, 0.5) is 0 Å². The van der Waals surface area contributed by atoms with Crippen LogP contribution in [0.3, 0.4) is 0 Å².